The van der Waals surface area contributed by atoms with Crippen molar-refractivity contribution in [2.24, 2.45) is 0 Å². The largest absolute Gasteiger partial charge is 0.455 e. The van der Waals surface area contributed by atoms with Gasteiger partial charge in [0.2, 0.25) is 5.89 Å². The van der Waals surface area contributed by atoms with E-state index in [1.807, 2.05) is 60.7 Å². The van der Waals surface area contributed by atoms with Crippen LogP contribution in [0.4, 0.5) is 17.1 Å². The van der Waals surface area contributed by atoms with Crippen LogP contribution in [0.3, 0.4) is 0 Å². The van der Waals surface area contributed by atoms with Crippen LogP contribution in [0.1, 0.15) is 0 Å². The number of nitrogens with zero attached hydrogens (tertiary/aromatic N) is 2. The molecule has 0 saturated carbocycles. The number of fused-ring (bicyclic) bond motifs is 7. The number of hydrogen-bond acceptors (Lipinski definition) is 5. The molecule has 0 radical (unpaired) electrons. The first-order valence-electron chi connectivity index (χ1n) is 16.0. The molecule has 5 nitrogen and oxygen atoms in total. The molecule has 0 spiro atoms. The SMILES string of the molecule is c1ccc(-c2nc3cc4oc5c(N(c6ccccc6)c6ccc(-c7cccc8c7oc7ccccc78)cc6)cccc5c4cc3o2)cc1. The molecule has 0 aliphatic carbocycles. The van der Waals surface area contributed by atoms with Crippen molar-refractivity contribution in [1.82, 2.24) is 4.98 Å². The van der Waals surface area contributed by atoms with Gasteiger partial charge in [0, 0.05) is 50.1 Å². The lowest BCUT2D eigenvalue weighted by atomic mass is 10.0. The zero-order chi connectivity index (χ0) is 31.6. The quantitative estimate of drug-likeness (QED) is 0.192. The van der Waals surface area contributed by atoms with E-state index in [-0.39, 0.29) is 0 Å². The van der Waals surface area contributed by atoms with E-state index in [2.05, 4.69) is 102 Å². The topological polar surface area (TPSA) is 55.6 Å². The van der Waals surface area contributed by atoms with Gasteiger partial charge in [0.05, 0.1) is 5.69 Å². The molecule has 0 aliphatic heterocycles. The molecule has 0 aliphatic rings. The lowest BCUT2D eigenvalue weighted by Crippen LogP contribution is -2.10. The maximum atomic E-state index is 6.66. The lowest BCUT2D eigenvalue weighted by Gasteiger charge is -2.25. The molecule has 0 fully saturated rings. The number of furan rings is 2. The van der Waals surface area contributed by atoms with Crippen LogP contribution in [0.5, 0.6) is 0 Å². The van der Waals surface area contributed by atoms with Gasteiger partial charge in [-0.25, -0.2) is 4.98 Å². The van der Waals surface area contributed by atoms with Crippen LogP contribution in [0.15, 0.2) is 171 Å². The molecule has 0 unspecified atom stereocenters. The summed E-state index contributed by atoms with van der Waals surface area (Å²) in [4.78, 5) is 7.02. The summed E-state index contributed by atoms with van der Waals surface area (Å²) in [5.41, 5.74) is 10.9. The summed E-state index contributed by atoms with van der Waals surface area (Å²) in [5.74, 6) is 0.596. The Labute approximate surface area is 274 Å². The van der Waals surface area contributed by atoms with E-state index in [1.165, 1.54) is 0 Å². The average Bonchev–Trinajstić information content (AvgIpc) is 3.85. The van der Waals surface area contributed by atoms with Crippen LogP contribution in [-0.2, 0) is 0 Å². The van der Waals surface area contributed by atoms with Gasteiger partial charge in [-0.05, 0) is 60.2 Å². The van der Waals surface area contributed by atoms with Gasteiger partial charge in [0.1, 0.15) is 22.3 Å². The molecule has 0 atom stereocenters. The third-order valence-corrected chi connectivity index (χ3v) is 9.10. The molecule has 0 amide bonds. The summed E-state index contributed by atoms with van der Waals surface area (Å²) in [6, 6.07) is 53.8. The molecule has 3 aromatic heterocycles. The third-order valence-electron chi connectivity index (χ3n) is 9.10. The molecule has 5 heteroatoms. The van der Waals surface area contributed by atoms with Gasteiger partial charge in [0.15, 0.2) is 11.2 Å². The molecule has 10 rings (SSSR count). The van der Waals surface area contributed by atoms with Gasteiger partial charge < -0.3 is 18.2 Å². The minimum atomic E-state index is 0.596. The Hall–Kier alpha value is -6.59. The number of aromatic nitrogens is 1. The number of anilines is 3. The normalized spacial score (nSPS) is 11.8. The van der Waals surface area contributed by atoms with Gasteiger partial charge in [0.25, 0.3) is 0 Å². The lowest BCUT2D eigenvalue weighted by molar-refractivity contribution is 0.620. The van der Waals surface area contributed by atoms with Crippen molar-refractivity contribution in [3.63, 3.8) is 0 Å². The molecule has 7 aromatic carbocycles. The van der Waals surface area contributed by atoms with Crippen LogP contribution in [0, 0.1) is 0 Å². The first-order chi connectivity index (χ1) is 23.8. The van der Waals surface area contributed by atoms with Crippen molar-refractivity contribution in [2.45, 2.75) is 0 Å². The van der Waals surface area contributed by atoms with Gasteiger partial charge in [-0.2, -0.15) is 0 Å². The van der Waals surface area contributed by atoms with E-state index in [0.717, 1.165) is 88.7 Å². The van der Waals surface area contributed by atoms with Gasteiger partial charge >= 0.3 is 0 Å². The maximum Gasteiger partial charge on any atom is 0.227 e. The van der Waals surface area contributed by atoms with Crippen LogP contribution in [-0.4, -0.2) is 4.98 Å². The first-order valence-corrected chi connectivity index (χ1v) is 16.0. The summed E-state index contributed by atoms with van der Waals surface area (Å²) < 4.78 is 19.2. The Kier molecular flexibility index (Phi) is 5.81. The standard InChI is InChI=1S/C43H26N2O3/c1-3-11-28(12-4-1)43-44-36-26-39-35(25-40(36)48-43)34-18-10-19-37(42(34)47-39)45(29-13-5-2-6-14-29)30-23-21-27(22-24-30)31-16-9-17-33-32-15-7-8-20-38(32)46-41(31)33/h1-26H. The molecule has 3 heterocycles. The first kappa shape index (κ1) is 26.6. The minimum absolute atomic E-state index is 0.596. The van der Waals surface area contributed by atoms with Crippen molar-refractivity contribution < 1.29 is 13.3 Å². The zero-order valence-corrected chi connectivity index (χ0v) is 25.6. The number of oxazole rings is 1. The smallest absolute Gasteiger partial charge is 0.227 e. The molecule has 0 bridgehead atoms. The number of para-hydroxylation sites is 4. The van der Waals surface area contributed by atoms with E-state index in [0.29, 0.717) is 5.89 Å². The van der Waals surface area contributed by atoms with Crippen molar-refractivity contribution in [2.75, 3.05) is 4.90 Å². The molecular formula is C43H26N2O3. The number of hydrogen-bond donors (Lipinski definition) is 0. The summed E-state index contributed by atoms with van der Waals surface area (Å²) >= 11 is 0. The molecule has 48 heavy (non-hydrogen) atoms. The highest BCUT2D eigenvalue weighted by Gasteiger charge is 2.21. The fraction of sp³-hybridized carbons (Fsp3) is 0. The van der Waals surface area contributed by atoms with E-state index in [9.17, 15) is 0 Å². The van der Waals surface area contributed by atoms with E-state index in [4.69, 9.17) is 18.2 Å². The van der Waals surface area contributed by atoms with Gasteiger partial charge in [-0.1, -0.05) is 97.1 Å². The monoisotopic (exact) mass is 618 g/mol. The Morgan fingerprint density at radius 2 is 1.08 bits per heavy atom. The number of benzene rings is 7. The Morgan fingerprint density at radius 3 is 1.92 bits per heavy atom. The fourth-order valence-electron chi connectivity index (χ4n) is 6.85. The van der Waals surface area contributed by atoms with Crippen LogP contribution >= 0.6 is 0 Å². The highest BCUT2D eigenvalue weighted by Crippen LogP contribution is 2.44. The Bertz CT molecular complexity index is 2770. The predicted octanol–water partition coefficient (Wildman–Crippen LogP) is 12.4. The van der Waals surface area contributed by atoms with Crippen molar-refractivity contribution in [3.8, 4) is 22.6 Å². The Balaban J connectivity index is 1.10. The average molecular weight is 619 g/mol. The van der Waals surface area contributed by atoms with E-state index in [1.54, 1.807) is 0 Å². The van der Waals surface area contributed by atoms with Crippen molar-refractivity contribution in [1.29, 1.82) is 0 Å². The van der Waals surface area contributed by atoms with Crippen LogP contribution < -0.4 is 4.90 Å². The molecule has 0 saturated heterocycles. The Morgan fingerprint density at radius 1 is 0.417 bits per heavy atom. The molecule has 10 aromatic rings. The van der Waals surface area contributed by atoms with Gasteiger partial charge in [-0.15, -0.1) is 0 Å². The van der Waals surface area contributed by atoms with Crippen molar-refractivity contribution in [3.05, 3.63) is 158 Å². The minimum Gasteiger partial charge on any atom is -0.455 e. The van der Waals surface area contributed by atoms with Crippen LogP contribution in [0.2, 0.25) is 0 Å². The second-order valence-corrected chi connectivity index (χ2v) is 12.0. The van der Waals surface area contributed by atoms with Gasteiger partial charge in [-0.3, -0.25) is 0 Å². The fourth-order valence-corrected chi connectivity index (χ4v) is 6.85. The summed E-state index contributed by atoms with van der Waals surface area (Å²) in [6.45, 7) is 0. The number of rotatable bonds is 5. The molecule has 0 N–H and O–H groups in total. The van der Waals surface area contributed by atoms with E-state index < -0.39 is 0 Å². The summed E-state index contributed by atoms with van der Waals surface area (Å²) in [5, 5.41) is 4.24. The zero-order valence-electron chi connectivity index (χ0n) is 25.6. The highest BCUT2D eigenvalue weighted by molar-refractivity contribution is 6.13. The molecular weight excluding hydrogens is 592 g/mol. The maximum absolute atomic E-state index is 6.66. The van der Waals surface area contributed by atoms with Crippen LogP contribution in [0.25, 0.3) is 77.6 Å². The third kappa shape index (κ3) is 4.15. The van der Waals surface area contributed by atoms with E-state index >= 15 is 0 Å². The highest BCUT2D eigenvalue weighted by atomic mass is 16.4. The van der Waals surface area contributed by atoms with Crippen molar-refractivity contribution >= 4 is 72.0 Å². The predicted molar refractivity (Wildman–Crippen MR) is 194 cm³/mol. The summed E-state index contributed by atoms with van der Waals surface area (Å²) in [6.07, 6.45) is 0. The summed E-state index contributed by atoms with van der Waals surface area (Å²) in [7, 11) is 0. The second kappa shape index (κ2) is 10.5. The molecule has 226 valence electrons. The second-order valence-electron chi connectivity index (χ2n) is 12.0.